The minimum Gasteiger partial charge on any atom is -0.497 e. The van der Waals surface area contributed by atoms with Crippen molar-refractivity contribution in [2.45, 2.75) is 12.5 Å². The number of methoxy groups -OCH3 is 1. The maximum atomic E-state index is 12.3. The lowest BCUT2D eigenvalue weighted by molar-refractivity contribution is -0.125. The average molecular weight is 365 g/mol. The molecular weight excluding hydrogens is 351 g/mol. The fraction of sp³-hybridized carbons (Fsp3) is 0.176. The summed E-state index contributed by atoms with van der Waals surface area (Å²) in [5.74, 6) is 0.401. The second-order valence-corrected chi connectivity index (χ2v) is 5.96. The number of carbonyl (C=O) groups excluding carboxylic acids is 1. The first-order chi connectivity index (χ1) is 11.6. The number of hydrogen-bond acceptors (Lipinski definition) is 4. The molecule has 0 unspecified atom stereocenters. The molecule has 1 N–H and O–H groups in total. The molecule has 0 saturated carbocycles. The van der Waals surface area contributed by atoms with E-state index in [4.69, 9.17) is 32.8 Å². The van der Waals surface area contributed by atoms with Gasteiger partial charge in [-0.25, -0.2) is 0 Å². The summed E-state index contributed by atoms with van der Waals surface area (Å²) in [6.45, 7) is 0. The number of benzene rings is 2. The number of oxime groups is 1. The van der Waals surface area contributed by atoms with Crippen LogP contribution in [0.5, 0.6) is 5.75 Å². The predicted octanol–water partition coefficient (Wildman–Crippen LogP) is 4.13. The Labute approximate surface area is 149 Å². The Balaban J connectivity index is 1.66. The van der Waals surface area contributed by atoms with Gasteiger partial charge in [0.2, 0.25) is 6.10 Å². The molecule has 0 aromatic heterocycles. The summed E-state index contributed by atoms with van der Waals surface area (Å²) in [7, 11) is 1.60. The number of nitrogens with one attached hydrogen (secondary N) is 1. The van der Waals surface area contributed by atoms with E-state index in [1.165, 1.54) is 0 Å². The van der Waals surface area contributed by atoms with Crippen LogP contribution in [-0.4, -0.2) is 24.8 Å². The fourth-order valence-corrected chi connectivity index (χ4v) is 2.78. The fourth-order valence-electron chi connectivity index (χ4n) is 2.29. The Morgan fingerprint density at radius 1 is 1.21 bits per heavy atom. The second kappa shape index (κ2) is 7.11. The SMILES string of the molecule is COc1ccc(C2=NO[C@@H](C(=O)Nc3c(Cl)cccc3Cl)C2)cc1. The molecule has 7 heteroatoms. The van der Waals surface area contributed by atoms with E-state index in [1.54, 1.807) is 25.3 Å². The predicted molar refractivity (Wildman–Crippen MR) is 94.1 cm³/mol. The number of amides is 1. The molecule has 1 atom stereocenters. The molecule has 2 aromatic carbocycles. The first-order valence-electron chi connectivity index (χ1n) is 7.20. The largest absolute Gasteiger partial charge is 0.497 e. The Kier molecular flexibility index (Phi) is 4.92. The van der Waals surface area contributed by atoms with Gasteiger partial charge in [0.05, 0.1) is 28.6 Å². The minimum absolute atomic E-state index is 0.350. The van der Waals surface area contributed by atoms with Crippen molar-refractivity contribution in [3.8, 4) is 5.75 Å². The molecule has 3 rings (SSSR count). The van der Waals surface area contributed by atoms with Gasteiger partial charge in [-0.2, -0.15) is 0 Å². The van der Waals surface area contributed by atoms with E-state index in [2.05, 4.69) is 10.5 Å². The molecule has 124 valence electrons. The first kappa shape index (κ1) is 16.6. The lowest BCUT2D eigenvalue weighted by atomic mass is 10.0. The van der Waals surface area contributed by atoms with Crippen LogP contribution in [-0.2, 0) is 9.63 Å². The smallest absolute Gasteiger partial charge is 0.268 e. The van der Waals surface area contributed by atoms with Crippen molar-refractivity contribution in [2.24, 2.45) is 5.16 Å². The van der Waals surface area contributed by atoms with Gasteiger partial charge in [0, 0.05) is 6.42 Å². The van der Waals surface area contributed by atoms with Crippen LogP contribution in [0.1, 0.15) is 12.0 Å². The van der Waals surface area contributed by atoms with Crippen molar-refractivity contribution < 1.29 is 14.4 Å². The van der Waals surface area contributed by atoms with Gasteiger partial charge in [-0.3, -0.25) is 4.79 Å². The van der Waals surface area contributed by atoms with Crippen molar-refractivity contribution in [2.75, 3.05) is 12.4 Å². The van der Waals surface area contributed by atoms with Crippen LogP contribution in [0.4, 0.5) is 5.69 Å². The average Bonchev–Trinajstić information content (AvgIpc) is 3.08. The molecule has 24 heavy (non-hydrogen) atoms. The molecule has 0 fully saturated rings. The summed E-state index contributed by atoms with van der Waals surface area (Å²) < 4.78 is 5.12. The Hall–Kier alpha value is -2.24. The van der Waals surface area contributed by atoms with Gasteiger partial charge in [0.1, 0.15) is 5.75 Å². The molecule has 0 spiro atoms. The molecule has 0 aliphatic carbocycles. The number of rotatable bonds is 4. The Morgan fingerprint density at radius 2 is 1.88 bits per heavy atom. The zero-order valence-electron chi connectivity index (χ0n) is 12.8. The molecule has 1 aliphatic rings. The number of carbonyl (C=O) groups is 1. The number of anilines is 1. The molecule has 5 nitrogen and oxygen atoms in total. The summed E-state index contributed by atoms with van der Waals surface area (Å²) in [6.07, 6.45) is -0.366. The van der Waals surface area contributed by atoms with E-state index in [0.29, 0.717) is 27.9 Å². The molecule has 1 heterocycles. The third-order valence-corrected chi connectivity index (χ3v) is 4.23. The molecule has 0 bridgehead atoms. The van der Waals surface area contributed by atoms with Crippen LogP contribution in [0.15, 0.2) is 47.6 Å². The zero-order valence-corrected chi connectivity index (χ0v) is 14.3. The second-order valence-electron chi connectivity index (χ2n) is 5.15. The third-order valence-electron chi connectivity index (χ3n) is 3.60. The highest BCUT2D eigenvalue weighted by molar-refractivity contribution is 6.39. The van der Waals surface area contributed by atoms with E-state index in [-0.39, 0.29) is 5.91 Å². The van der Waals surface area contributed by atoms with E-state index in [1.807, 2.05) is 24.3 Å². The molecule has 0 radical (unpaired) electrons. The van der Waals surface area contributed by atoms with Crippen molar-refractivity contribution in [1.82, 2.24) is 0 Å². The summed E-state index contributed by atoms with van der Waals surface area (Å²) in [6, 6.07) is 12.4. The van der Waals surface area contributed by atoms with Crippen LogP contribution in [0, 0.1) is 0 Å². The highest BCUT2D eigenvalue weighted by atomic mass is 35.5. The quantitative estimate of drug-likeness (QED) is 0.886. The number of nitrogens with zero attached hydrogens (tertiary/aromatic N) is 1. The van der Waals surface area contributed by atoms with E-state index < -0.39 is 6.10 Å². The van der Waals surface area contributed by atoms with E-state index >= 15 is 0 Å². The highest BCUT2D eigenvalue weighted by Crippen LogP contribution is 2.30. The molecule has 0 saturated heterocycles. The number of hydrogen-bond donors (Lipinski definition) is 1. The summed E-state index contributed by atoms with van der Waals surface area (Å²) in [4.78, 5) is 17.6. The monoisotopic (exact) mass is 364 g/mol. The third kappa shape index (κ3) is 3.47. The Morgan fingerprint density at radius 3 is 2.50 bits per heavy atom. The summed E-state index contributed by atoms with van der Waals surface area (Å²) in [5.41, 5.74) is 1.94. The van der Waals surface area contributed by atoms with Crippen LogP contribution in [0.25, 0.3) is 0 Å². The zero-order chi connectivity index (χ0) is 17.1. The summed E-state index contributed by atoms with van der Waals surface area (Å²) >= 11 is 12.1. The number of halogens is 2. The van der Waals surface area contributed by atoms with Gasteiger partial charge in [0.15, 0.2) is 0 Å². The van der Waals surface area contributed by atoms with Crippen molar-refractivity contribution in [3.63, 3.8) is 0 Å². The van der Waals surface area contributed by atoms with Crippen molar-refractivity contribution >= 4 is 40.5 Å². The lowest BCUT2D eigenvalue weighted by Gasteiger charge is -2.12. The normalized spacial score (nSPS) is 16.3. The van der Waals surface area contributed by atoms with Gasteiger partial charge >= 0.3 is 0 Å². The molecule has 1 aliphatic heterocycles. The maximum Gasteiger partial charge on any atom is 0.268 e. The highest BCUT2D eigenvalue weighted by Gasteiger charge is 2.29. The van der Waals surface area contributed by atoms with E-state index in [9.17, 15) is 4.79 Å². The molecule has 2 aromatic rings. The molecular formula is C17H14Cl2N2O3. The summed E-state index contributed by atoms with van der Waals surface area (Å²) in [5, 5.41) is 7.42. The van der Waals surface area contributed by atoms with Gasteiger partial charge in [-0.05, 0) is 42.0 Å². The van der Waals surface area contributed by atoms with E-state index in [0.717, 1.165) is 11.3 Å². The minimum atomic E-state index is -0.727. The van der Waals surface area contributed by atoms with Crippen LogP contribution in [0.3, 0.4) is 0 Å². The standard InChI is InChI=1S/C17H14Cl2N2O3/c1-23-11-7-5-10(6-8-11)14-9-15(24-21-14)17(22)20-16-12(18)3-2-4-13(16)19/h2-8,15H,9H2,1H3,(H,20,22)/t15-/m1/s1. The molecule has 1 amide bonds. The maximum absolute atomic E-state index is 12.3. The van der Waals surface area contributed by atoms with Gasteiger partial charge in [-0.15, -0.1) is 0 Å². The van der Waals surface area contributed by atoms with Crippen molar-refractivity contribution in [1.29, 1.82) is 0 Å². The van der Waals surface area contributed by atoms with Gasteiger partial charge in [-0.1, -0.05) is 34.4 Å². The van der Waals surface area contributed by atoms with Crippen LogP contribution in [0.2, 0.25) is 10.0 Å². The van der Waals surface area contributed by atoms with Crippen LogP contribution >= 0.6 is 23.2 Å². The van der Waals surface area contributed by atoms with Gasteiger partial charge < -0.3 is 14.9 Å². The van der Waals surface area contributed by atoms with Crippen LogP contribution < -0.4 is 10.1 Å². The first-order valence-corrected chi connectivity index (χ1v) is 7.96. The van der Waals surface area contributed by atoms with Gasteiger partial charge in [0.25, 0.3) is 5.91 Å². The Bertz CT molecular complexity index is 771. The number of ether oxygens (including phenoxy) is 1. The van der Waals surface area contributed by atoms with Crippen molar-refractivity contribution in [3.05, 3.63) is 58.1 Å². The topological polar surface area (TPSA) is 59.9 Å². The number of para-hydroxylation sites is 1. The lowest BCUT2D eigenvalue weighted by Crippen LogP contribution is -2.28.